The molecular weight excluding hydrogens is 400 g/mol. The molecule has 0 saturated heterocycles. The van der Waals surface area contributed by atoms with Gasteiger partial charge >= 0.3 is 5.97 Å². The zero-order valence-electron chi connectivity index (χ0n) is 18.4. The van der Waals surface area contributed by atoms with Crippen LogP contribution in [0, 0.1) is 0 Å². The lowest BCUT2D eigenvalue weighted by Gasteiger charge is -2.07. The zero-order chi connectivity index (χ0) is 20.0. The molecule has 0 rings (SSSR count). The predicted octanol–water partition coefficient (Wildman–Crippen LogP) is 8.74. The molecule has 0 radical (unpaired) electrons. The molecule has 0 bridgehead atoms. The van der Waals surface area contributed by atoms with Crippen LogP contribution < -0.4 is 0 Å². The summed E-state index contributed by atoms with van der Waals surface area (Å²) in [6.45, 7) is 4.96. The molecular formula is C24H47BrO2. The van der Waals surface area contributed by atoms with Crippen molar-refractivity contribution in [3.8, 4) is 0 Å². The number of carbonyl (C=O) groups is 1. The van der Waals surface area contributed by atoms with E-state index in [-0.39, 0.29) is 10.8 Å². The van der Waals surface area contributed by atoms with E-state index in [4.69, 9.17) is 4.74 Å². The van der Waals surface area contributed by atoms with Crippen LogP contribution in [-0.2, 0) is 9.53 Å². The summed E-state index contributed by atoms with van der Waals surface area (Å²) in [6, 6.07) is 0. The fourth-order valence-corrected chi connectivity index (χ4v) is 3.66. The molecule has 162 valence electrons. The zero-order valence-corrected chi connectivity index (χ0v) is 20.0. The number of hydrogen-bond acceptors (Lipinski definition) is 2. The molecule has 0 aromatic heterocycles. The molecule has 1 unspecified atom stereocenters. The SMILES string of the molecule is CCCCCCCCCCCCCCCCCCCOC(=O)CC(Br)CC. The van der Waals surface area contributed by atoms with Gasteiger partial charge in [-0.3, -0.25) is 4.79 Å². The molecule has 0 aromatic carbocycles. The van der Waals surface area contributed by atoms with E-state index >= 15 is 0 Å². The van der Waals surface area contributed by atoms with Crippen molar-refractivity contribution in [2.75, 3.05) is 6.61 Å². The normalized spacial score (nSPS) is 12.3. The summed E-state index contributed by atoms with van der Waals surface area (Å²) in [6.07, 6.45) is 24.8. The topological polar surface area (TPSA) is 26.3 Å². The van der Waals surface area contributed by atoms with Crippen molar-refractivity contribution in [2.24, 2.45) is 0 Å². The minimum Gasteiger partial charge on any atom is -0.466 e. The van der Waals surface area contributed by atoms with Crippen molar-refractivity contribution >= 4 is 21.9 Å². The van der Waals surface area contributed by atoms with Crippen LogP contribution in [0.2, 0.25) is 0 Å². The van der Waals surface area contributed by atoms with Crippen molar-refractivity contribution in [1.29, 1.82) is 0 Å². The smallest absolute Gasteiger partial charge is 0.306 e. The molecule has 0 aliphatic carbocycles. The summed E-state index contributed by atoms with van der Waals surface area (Å²) in [5.41, 5.74) is 0. The van der Waals surface area contributed by atoms with Gasteiger partial charge in [-0.2, -0.15) is 0 Å². The number of carbonyl (C=O) groups excluding carboxylic acids is 1. The Morgan fingerprint density at radius 1 is 0.667 bits per heavy atom. The average molecular weight is 448 g/mol. The molecule has 0 fully saturated rings. The number of halogens is 1. The third-order valence-electron chi connectivity index (χ3n) is 5.34. The molecule has 0 aliphatic rings. The van der Waals surface area contributed by atoms with Crippen LogP contribution in [0.4, 0.5) is 0 Å². The minimum absolute atomic E-state index is 0.0600. The Kier molecular flexibility index (Phi) is 22.2. The van der Waals surface area contributed by atoms with Gasteiger partial charge in [-0.1, -0.05) is 133 Å². The summed E-state index contributed by atoms with van der Waals surface area (Å²) >= 11 is 3.47. The van der Waals surface area contributed by atoms with E-state index in [0.717, 1.165) is 12.8 Å². The van der Waals surface area contributed by atoms with Gasteiger partial charge in [0, 0.05) is 4.83 Å². The maximum Gasteiger partial charge on any atom is 0.306 e. The number of rotatable bonds is 21. The van der Waals surface area contributed by atoms with Gasteiger partial charge < -0.3 is 4.74 Å². The van der Waals surface area contributed by atoms with Gasteiger partial charge in [0.1, 0.15) is 0 Å². The van der Waals surface area contributed by atoms with Crippen LogP contribution in [0.3, 0.4) is 0 Å². The Hall–Kier alpha value is -0.0500. The summed E-state index contributed by atoms with van der Waals surface area (Å²) in [5.74, 6) is -0.0600. The van der Waals surface area contributed by atoms with E-state index in [0.29, 0.717) is 13.0 Å². The molecule has 27 heavy (non-hydrogen) atoms. The lowest BCUT2D eigenvalue weighted by atomic mass is 10.0. The molecule has 2 nitrogen and oxygen atoms in total. The Morgan fingerprint density at radius 2 is 1.04 bits per heavy atom. The number of unbranched alkanes of at least 4 members (excludes halogenated alkanes) is 16. The highest BCUT2D eigenvalue weighted by Crippen LogP contribution is 2.14. The molecule has 0 aliphatic heterocycles. The quantitative estimate of drug-likeness (QED) is 0.0999. The molecule has 0 amide bonds. The third-order valence-corrected chi connectivity index (χ3v) is 6.31. The Morgan fingerprint density at radius 3 is 1.41 bits per heavy atom. The van der Waals surface area contributed by atoms with Crippen LogP contribution >= 0.6 is 15.9 Å². The Bertz CT molecular complexity index is 307. The number of alkyl halides is 1. The van der Waals surface area contributed by atoms with Gasteiger partial charge in [0.15, 0.2) is 0 Å². The van der Waals surface area contributed by atoms with Gasteiger partial charge in [0.05, 0.1) is 13.0 Å². The Labute approximate surface area is 178 Å². The van der Waals surface area contributed by atoms with Crippen LogP contribution in [0.15, 0.2) is 0 Å². The van der Waals surface area contributed by atoms with Gasteiger partial charge in [-0.25, -0.2) is 0 Å². The maximum absolute atomic E-state index is 11.5. The van der Waals surface area contributed by atoms with Crippen molar-refractivity contribution in [1.82, 2.24) is 0 Å². The van der Waals surface area contributed by atoms with E-state index in [9.17, 15) is 4.79 Å². The van der Waals surface area contributed by atoms with Crippen molar-refractivity contribution in [3.05, 3.63) is 0 Å². The largest absolute Gasteiger partial charge is 0.466 e. The number of hydrogen-bond donors (Lipinski definition) is 0. The molecule has 3 heteroatoms. The second kappa shape index (κ2) is 22.2. The summed E-state index contributed by atoms with van der Waals surface area (Å²) < 4.78 is 5.27. The van der Waals surface area contributed by atoms with Crippen LogP contribution in [0.1, 0.15) is 136 Å². The van der Waals surface area contributed by atoms with Gasteiger partial charge in [-0.05, 0) is 12.8 Å². The maximum atomic E-state index is 11.5. The molecule has 0 heterocycles. The van der Waals surface area contributed by atoms with E-state index in [2.05, 4.69) is 29.8 Å². The van der Waals surface area contributed by atoms with E-state index < -0.39 is 0 Å². The highest BCUT2D eigenvalue weighted by Gasteiger charge is 2.09. The van der Waals surface area contributed by atoms with Crippen LogP contribution in [0.5, 0.6) is 0 Å². The first kappa shape index (κ1) is 27.0. The van der Waals surface area contributed by atoms with Gasteiger partial charge in [-0.15, -0.1) is 0 Å². The first-order chi connectivity index (χ1) is 13.2. The van der Waals surface area contributed by atoms with E-state index in [1.165, 1.54) is 103 Å². The first-order valence-corrected chi connectivity index (χ1v) is 12.9. The summed E-state index contributed by atoms with van der Waals surface area (Å²) in [5, 5.41) is 0. The third kappa shape index (κ3) is 22.1. The lowest BCUT2D eigenvalue weighted by Crippen LogP contribution is -2.11. The van der Waals surface area contributed by atoms with E-state index in [1.807, 2.05) is 0 Å². The summed E-state index contributed by atoms with van der Waals surface area (Å²) in [4.78, 5) is 11.8. The predicted molar refractivity (Wildman–Crippen MR) is 123 cm³/mol. The summed E-state index contributed by atoms with van der Waals surface area (Å²) in [7, 11) is 0. The number of esters is 1. The van der Waals surface area contributed by atoms with Crippen molar-refractivity contribution in [2.45, 2.75) is 141 Å². The molecule has 0 N–H and O–H groups in total. The van der Waals surface area contributed by atoms with E-state index in [1.54, 1.807) is 0 Å². The van der Waals surface area contributed by atoms with Crippen molar-refractivity contribution < 1.29 is 9.53 Å². The lowest BCUT2D eigenvalue weighted by molar-refractivity contribution is -0.143. The second-order valence-electron chi connectivity index (χ2n) is 8.09. The fraction of sp³-hybridized carbons (Fsp3) is 0.958. The highest BCUT2D eigenvalue weighted by molar-refractivity contribution is 9.09. The number of ether oxygens (including phenoxy) is 1. The highest BCUT2D eigenvalue weighted by atomic mass is 79.9. The van der Waals surface area contributed by atoms with Crippen molar-refractivity contribution in [3.63, 3.8) is 0 Å². The Balaban J connectivity index is 3.10. The standard InChI is InChI=1S/C24H47BrO2/c1-3-5-6-7-8-9-10-11-12-13-14-15-16-17-18-19-20-21-27-24(26)22-23(25)4-2/h23H,3-22H2,1-2H3. The molecule has 0 spiro atoms. The first-order valence-electron chi connectivity index (χ1n) is 12.0. The minimum atomic E-state index is -0.0600. The van der Waals surface area contributed by atoms with Crippen LogP contribution in [-0.4, -0.2) is 17.4 Å². The fourth-order valence-electron chi connectivity index (χ4n) is 3.40. The van der Waals surface area contributed by atoms with Gasteiger partial charge in [0.25, 0.3) is 0 Å². The van der Waals surface area contributed by atoms with Crippen LogP contribution in [0.25, 0.3) is 0 Å². The molecule has 0 saturated carbocycles. The second-order valence-corrected chi connectivity index (χ2v) is 9.38. The molecule has 1 atom stereocenters. The molecule has 0 aromatic rings. The van der Waals surface area contributed by atoms with Gasteiger partial charge in [0.2, 0.25) is 0 Å². The average Bonchev–Trinajstić information content (AvgIpc) is 2.66. The monoisotopic (exact) mass is 446 g/mol.